The number of para-hydroxylation sites is 1. The molecule has 0 aliphatic carbocycles. The minimum atomic E-state index is -0.413. The SMILES string of the molecule is O=C1CC(Cl)CN1c1c(F)cccc1Br. The summed E-state index contributed by atoms with van der Waals surface area (Å²) in [5.41, 5.74) is 0.283. The summed E-state index contributed by atoms with van der Waals surface area (Å²) in [7, 11) is 0. The molecule has 80 valence electrons. The number of benzene rings is 1. The van der Waals surface area contributed by atoms with Crippen molar-refractivity contribution in [2.45, 2.75) is 11.8 Å². The smallest absolute Gasteiger partial charge is 0.228 e. The van der Waals surface area contributed by atoms with Crippen molar-refractivity contribution >= 4 is 39.1 Å². The molecular weight excluding hydrogens is 284 g/mol. The molecule has 15 heavy (non-hydrogen) atoms. The molecule has 1 aliphatic heterocycles. The maximum absolute atomic E-state index is 13.5. The van der Waals surface area contributed by atoms with Gasteiger partial charge in [0.15, 0.2) is 0 Å². The summed E-state index contributed by atoms with van der Waals surface area (Å²) in [6.45, 7) is 0.361. The Morgan fingerprint density at radius 1 is 1.53 bits per heavy atom. The molecule has 0 N–H and O–H groups in total. The first-order valence-electron chi connectivity index (χ1n) is 4.48. The lowest BCUT2D eigenvalue weighted by Gasteiger charge is -2.18. The zero-order chi connectivity index (χ0) is 11.0. The molecule has 1 fully saturated rings. The molecule has 1 amide bonds. The Labute approximate surface area is 100 Å². The van der Waals surface area contributed by atoms with Crippen LogP contribution in [0.15, 0.2) is 22.7 Å². The topological polar surface area (TPSA) is 20.3 Å². The molecule has 1 heterocycles. The van der Waals surface area contributed by atoms with Crippen molar-refractivity contribution in [2.24, 2.45) is 0 Å². The number of rotatable bonds is 1. The molecule has 0 aromatic heterocycles. The number of carbonyl (C=O) groups is 1. The average molecular weight is 293 g/mol. The van der Waals surface area contributed by atoms with Crippen molar-refractivity contribution in [2.75, 3.05) is 11.4 Å². The summed E-state index contributed by atoms with van der Waals surface area (Å²) in [6.07, 6.45) is 0.266. The first-order chi connectivity index (χ1) is 7.09. The molecule has 0 saturated carbocycles. The Morgan fingerprint density at radius 2 is 2.27 bits per heavy atom. The first-order valence-corrected chi connectivity index (χ1v) is 5.71. The number of amides is 1. The largest absolute Gasteiger partial charge is 0.307 e. The fourth-order valence-corrected chi connectivity index (χ4v) is 2.45. The molecule has 0 bridgehead atoms. The van der Waals surface area contributed by atoms with Crippen LogP contribution in [0.5, 0.6) is 0 Å². The fourth-order valence-electron chi connectivity index (χ4n) is 1.63. The molecule has 1 aliphatic rings. The quantitative estimate of drug-likeness (QED) is 0.729. The third-order valence-electron chi connectivity index (χ3n) is 2.29. The van der Waals surface area contributed by atoms with Gasteiger partial charge in [0.1, 0.15) is 5.82 Å². The molecule has 1 aromatic carbocycles. The van der Waals surface area contributed by atoms with Crippen molar-refractivity contribution in [1.82, 2.24) is 0 Å². The summed E-state index contributed by atoms with van der Waals surface area (Å²) < 4.78 is 14.1. The highest BCUT2D eigenvalue weighted by Gasteiger charge is 2.31. The zero-order valence-corrected chi connectivity index (χ0v) is 10.1. The first kappa shape index (κ1) is 10.9. The minimum Gasteiger partial charge on any atom is -0.307 e. The second kappa shape index (κ2) is 4.10. The molecule has 1 saturated heterocycles. The van der Waals surface area contributed by atoms with Crippen LogP contribution >= 0.6 is 27.5 Å². The Morgan fingerprint density at radius 3 is 2.80 bits per heavy atom. The van der Waals surface area contributed by atoms with E-state index >= 15 is 0 Å². The zero-order valence-electron chi connectivity index (χ0n) is 7.71. The van der Waals surface area contributed by atoms with Crippen LogP contribution < -0.4 is 4.90 Å². The van der Waals surface area contributed by atoms with Crippen LogP contribution in [-0.4, -0.2) is 17.8 Å². The standard InChI is InChI=1S/C10H8BrClFNO/c11-7-2-1-3-8(13)10(7)14-5-6(12)4-9(14)15/h1-3,6H,4-5H2. The van der Waals surface area contributed by atoms with Crippen molar-refractivity contribution < 1.29 is 9.18 Å². The lowest BCUT2D eigenvalue weighted by molar-refractivity contribution is -0.117. The van der Waals surface area contributed by atoms with E-state index in [1.54, 1.807) is 12.1 Å². The summed E-state index contributed by atoms with van der Waals surface area (Å²) in [5, 5.41) is -0.232. The summed E-state index contributed by atoms with van der Waals surface area (Å²) in [5.74, 6) is -0.552. The van der Waals surface area contributed by atoms with Gasteiger partial charge in [0.05, 0.1) is 11.1 Å². The van der Waals surface area contributed by atoms with E-state index in [0.29, 0.717) is 11.0 Å². The van der Waals surface area contributed by atoms with Gasteiger partial charge < -0.3 is 4.90 Å². The van der Waals surface area contributed by atoms with Crippen molar-refractivity contribution in [3.63, 3.8) is 0 Å². The van der Waals surface area contributed by atoms with E-state index in [1.165, 1.54) is 11.0 Å². The van der Waals surface area contributed by atoms with E-state index in [0.717, 1.165) is 0 Å². The third-order valence-corrected chi connectivity index (χ3v) is 3.22. The number of halogens is 3. The molecule has 1 unspecified atom stereocenters. The van der Waals surface area contributed by atoms with Gasteiger partial charge in [-0.25, -0.2) is 4.39 Å². The highest BCUT2D eigenvalue weighted by atomic mass is 79.9. The monoisotopic (exact) mass is 291 g/mol. The number of carbonyl (C=O) groups excluding carboxylic acids is 1. The van der Waals surface area contributed by atoms with Crippen molar-refractivity contribution in [3.05, 3.63) is 28.5 Å². The number of hydrogen-bond donors (Lipinski definition) is 0. The van der Waals surface area contributed by atoms with Gasteiger partial charge in [0.2, 0.25) is 5.91 Å². The van der Waals surface area contributed by atoms with Crippen LogP contribution in [0.1, 0.15) is 6.42 Å². The third kappa shape index (κ3) is 2.01. The summed E-state index contributed by atoms with van der Waals surface area (Å²) in [6, 6.07) is 4.61. The molecular formula is C10H8BrClFNO. The normalized spacial score (nSPS) is 21.1. The van der Waals surface area contributed by atoms with Crippen molar-refractivity contribution in [3.8, 4) is 0 Å². The Hall–Kier alpha value is -0.610. The van der Waals surface area contributed by atoms with Gasteiger partial charge in [-0.1, -0.05) is 6.07 Å². The van der Waals surface area contributed by atoms with E-state index in [-0.39, 0.29) is 23.4 Å². The Kier molecular flexibility index (Phi) is 2.98. The van der Waals surface area contributed by atoms with E-state index in [2.05, 4.69) is 15.9 Å². The molecule has 5 heteroatoms. The number of alkyl halides is 1. The number of anilines is 1. The second-order valence-corrected chi connectivity index (χ2v) is 4.85. The lowest BCUT2D eigenvalue weighted by atomic mass is 10.3. The highest BCUT2D eigenvalue weighted by Crippen LogP contribution is 2.33. The van der Waals surface area contributed by atoms with Crippen LogP contribution in [-0.2, 0) is 4.79 Å². The summed E-state index contributed by atoms with van der Waals surface area (Å²) >= 11 is 9.08. The van der Waals surface area contributed by atoms with Crippen LogP contribution in [0.25, 0.3) is 0 Å². The average Bonchev–Trinajstić information content (AvgIpc) is 2.45. The van der Waals surface area contributed by atoms with Gasteiger partial charge in [-0.3, -0.25) is 4.79 Å². The molecule has 0 radical (unpaired) electrons. The lowest BCUT2D eigenvalue weighted by Crippen LogP contribution is -2.26. The maximum Gasteiger partial charge on any atom is 0.228 e. The van der Waals surface area contributed by atoms with Gasteiger partial charge in [0.25, 0.3) is 0 Å². The van der Waals surface area contributed by atoms with Crippen LogP contribution in [0.3, 0.4) is 0 Å². The number of hydrogen-bond acceptors (Lipinski definition) is 1. The van der Waals surface area contributed by atoms with Crippen LogP contribution in [0.4, 0.5) is 10.1 Å². The van der Waals surface area contributed by atoms with E-state index in [9.17, 15) is 9.18 Å². The van der Waals surface area contributed by atoms with Crippen LogP contribution in [0, 0.1) is 5.82 Å². The predicted molar refractivity (Wildman–Crippen MR) is 60.7 cm³/mol. The molecule has 0 spiro atoms. The highest BCUT2D eigenvalue weighted by molar-refractivity contribution is 9.10. The van der Waals surface area contributed by atoms with Gasteiger partial charge in [-0.05, 0) is 28.1 Å². The minimum absolute atomic E-state index is 0.138. The molecule has 2 nitrogen and oxygen atoms in total. The molecule has 1 atom stereocenters. The van der Waals surface area contributed by atoms with E-state index in [1.807, 2.05) is 0 Å². The van der Waals surface area contributed by atoms with Gasteiger partial charge in [-0.15, -0.1) is 11.6 Å². The fraction of sp³-hybridized carbons (Fsp3) is 0.300. The predicted octanol–water partition coefficient (Wildman–Crippen LogP) is 2.93. The Bertz CT molecular complexity index is 392. The Balaban J connectivity index is 2.41. The van der Waals surface area contributed by atoms with Gasteiger partial charge in [-0.2, -0.15) is 0 Å². The molecule has 2 rings (SSSR count). The van der Waals surface area contributed by atoms with Crippen LogP contribution in [0.2, 0.25) is 0 Å². The second-order valence-electron chi connectivity index (χ2n) is 3.38. The van der Waals surface area contributed by atoms with Crippen molar-refractivity contribution in [1.29, 1.82) is 0 Å². The molecule has 1 aromatic rings. The van der Waals surface area contributed by atoms with E-state index in [4.69, 9.17) is 11.6 Å². The number of nitrogens with zero attached hydrogens (tertiary/aromatic N) is 1. The van der Waals surface area contributed by atoms with Gasteiger partial charge in [0, 0.05) is 17.4 Å². The summed E-state index contributed by atoms with van der Waals surface area (Å²) in [4.78, 5) is 12.9. The van der Waals surface area contributed by atoms with E-state index < -0.39 is 5.82 Å². The van der Waals surface area contributed by atoms with Gasteiger partial charge >= 0.3 is 0 Å². The maximum atomic E-state index is 13.5.